The second kappa shape index (κ2) is 6.44. The SMILES string of the molecule is CCC1CN(C)CCCN1C(=O)c1ccccc1S. The van der Waals surface area contributed by atoms with E-state index >= 15 is 0 Å². The normalized spacial score (nSPS) is 21.2. The Labute approximate surface area is 121 Å². The van der Waals surface area contributed by atoms with Crippen molar-refractivity contribution >= 4 is 18.5 Å². The third-order valence-electron chi connectivity index (χ3n) is 3.77. The van der Waals surface area contributed by atoms with Crippen molar-refractivity contribution in [2.45, 2.75) is 30.7 Å². The van der Waals surface area contributed by atoms with Crippen molar-refractivity contribution in [1.82, 2.24) is 9.80 Å². The smallest absolute Gasteiger partial charge is 0.255 e. The molecule has 0 radical (unpaired) electrons. The van der Waals surface area contributed by atoms with Crippen molar-refractivity contribution in [1.29, 1.82) is 0 Å². The van der Waals surface area contributed by atoms with Crippen LogP contribution in [0.2, 0.25) is 0 Å². The molecule has 4 heteroatoms. The van der Waals surface area contributed by atoms with Crippen LogP contribution in [0, 0.1) is 0 Å². The number of likely N-dealkylation sites (N-methyl/N-ethyl adjacent to an activating group) is 1. The van der Waals surface area contributed by atoms with Gasteiger partial charge < -0.3 is 9.80 Å². The lowest BCUT2D eigenvalue weighted by Crippen LogP contribution is -2.43. The molecule has 0 spiro atoms. The Morgan fingerprint density at radius 1 is 1.37 bits per heavy atom. The summed E-state index contributed by atoms with van der Waals surface area (Å²) in [5, 5.41) is 0. The number of rotatable bonds is 2. The zero-order valence-corrected chi connectivity index (χ0v) is 12.6. The molecule has 0 aliphatic carbocycles. The third kappa shape index (κ3) is 3.31. The quantitative estimate of drug-likeness (QED) is 0.840. The van der Waals surface area contributed by atoms with Gasteiger partial charge in [-0.05, 0) is 38.6 Å². The van der Waals surface area contributed by atoms with Gasteiger partial charge in [-0.1, -0.05) is 19.1 Å². The van der Waals surface area contributed by atoms with Crippen LogP contribution in [0.15, 0.2) is 29.2 Å². The van der Waals surface area contributed by atoms with Crippen molar-refractivity contribution in [2.75, 3.05) is 26.7 Å². The number of nitrogens with zero attached hydrogens (tertiary/aromatic N) is 2. The number of hydrogen-bond donors (Lipinski definition) is 1. The predicted molar refractivity (Wildman–Crippen MR) is 80.9 cm³/mol. The van der Waals surface area contributed by atoms with Gasteiger partial charge in [0.05, 0.1) is 5.56 Å². The minimum absolute atomic E-state index is 0.118. The van der Waals surface area contributed by atoms with E-state index in [2.05, 4.69) is 31.5 Å². The molecule has 104 valence electrons. The Balaban J connectivity index is 2.23. The van der Waals surface area contributed by atoms with Crippen LogP contribution in [-0.2, 0) is 0 Å². The predicted octanol–water partition coefficient (Wildman–Crippen LogP) is 2.53. The first kappa shape index (κ1) is 14.4. The van der Waals surface area contributed by atoms with Crippen LogP contribution < -0.4 is 0 Å². The topological polar surface area (TPSA) is 23.6 Å². The standard InChI is InChI=1S/C15H22N2OS/c1-3-12-11-16(2)9-6-10-17(12)15(18)13-7-4-5-8-14(13)19/h4-5,7-8,12,19H,3,6,9-11H2,1-2H3. The van der Waals surface area contributed by atoms with Gasteiger partial charge in [0.15, 0.2) is 0 Å². The van der Waals surface area contributed by atoms with Crippen molar-refractivity contribution in [3.63, 3.8) is 0 Å². The maximum absolute atomic E-state index is 12.7. The Hall–Kier alpha value is -1.00. The van der Waals surface area contributed by atoms with Gasteiger partial charge in [-0.25, -0.2) is 0 Å². The van der Waals surface area contributed by atoms with Gasteiger partial charge in [0.25, 0.3) is 5.91 Å². The molecule has 1 aliphatic heterocycles. The average Bonchev–Trinajstić information content (AvgIpc) is 2.60. The lowest BCUT2D eigenvalue weighted by molar-refractivity contribution is 0.0672. The molecule has 1 unspecified atom stereocenters. The fourth-order valence-electron chi connectivity index (χ4n) is 2.67. The molecule has 1 aromatic carbocycles. The van der Waals surface area contributed by atoms with Gasteiger partial charge in [-0.15, -0.1) is 12.6 Å². The van der Waals surface area contributed by atoms with Crippen LogP contribution in [0.25, 0.3) is 0 Å². The van der Waals surface area contributed by atoms with Crippen LogP contribution in [0.5, 0.6) is 0 Å². The van der Waals surface area contributed by atoms with E-state index in [-0.39, 0.29) is 5.91 Å². The molecule has 1 aliphatic rings. The van der Waals surface area contributed by atoms with Crippen molar-refractivity contribution in [3.05, 3.63) is 29.8 Å². The zero-order chi connectivity index (χ0) is 13.8. The monoisotopic (exact) mass is 278 g/mol. The second-order valence-electron chi connectivity index (χ2n) is 5.19. The van der Waals surface area contributed by atoms with Gasteiger partial charge >= 0.3 is 0 Å². The number of carbonyl (C=O) groups is 1. The molecule has 0 saturated carbocycles. The molecule has 1 fully saturated rings. The number of amides is 1. The number of carbonyl (C=O) groups excluding carboxylic acids is 1. The van der Waals surface area contributed by atoms with E-state index in [0.29, 0.717) is 11.6 Å². The molecule has 0 N–H and O–H groups in total. The average molecular weight is 278 g/mol. The fourth-order valence-corrected chi connectivity index (χ4v) is 2.93. The summed E-state index contributed by atoms with van der Waals surface area (Å²) in [6.07, 6.45) is 2.03. The highest BCUT2D eigenvalue weighted by molar-refractivity contribution is 7.80. The van der Waals surface area contributed by atoms with Crippen LogP contribution >= 0.6 is 12.6 Å². The van der Waals surface area contributed by atoms with Gasteiger partial charge in [0.2, 0.25) is 0 Å². The molecular formula is C15H22N2OS. The van der Waals surface area contributed by atoms with E-state index in [0.717, 1.165) is 37.4 Å². The summed E-state index contributed by atoms with van der Waals surface area (Å²) in [4.78, 5) is 17.8. The van der Waals surface area contributed by atoms with Crippen molar-refractivity contribution in [3.8, 4) is 0 Å². The van der Waals surface area contributed by atoms with Crippen molar-refractivity contribution in [2.24, 2.45) is 0 Å². The summed E-state index contributed by atoms with van der Waals surface area (Å²) in [7, 11) is 2.13. The lowest BCUT2D eigenvalue weighted by atomic mass is 10.1. The van der Waals surface area contributed by atoms with E-state index in [1.54, 1.807) is 0 Å². The summed E-state index contributed by atoms with van der Waals surface area (Å²) < 4.78 is 0. The van der Waals surface area contributed by atoms with E-state index in [9.17, 15) is 4.79 Å². The van der Waals surface area contributed by atoms with Gasteiger partial charge in [-0.2, -0.15) is 0 Å². The molecule has 19 heavy (non-hydrogen) atoms. The van der Waals surface area contributed by atoms with E-state index in [1.165, 1.54) is 0 Å². The molecule has 2 rings (SSSR count). The first-order chi connectivity index (χ1) is 9.13. The summed E-state index contributed by atoms with van der Waals surface area (Å²) in [5.74, 6) is 0.118. The molecule has 0 bridgehead atoms. The molecule has 1 atom stereocenters. The Bertz CT molecular complexity index is 450. The molecular weight excluding hydrogens is 256 g/mol. The zero-order valence-electron chi connectivity index (χ0n) is 11.7. The largest absolute Gasteiger partial charge is 0.334 e. The minimum Gasteiger partial charge on any atom is -0.334 e. The maximum Gasteiger partial charge on any atom is 0.255 e. The highest BCUT2D eigenvalue weighted by Gasteiger charge is 2.27. The second-order valence-corrected chi connectivity index (χ2v) is 5.68. The van der Waals surface area contributed by atoms with Crippen LogP contribution in [0.1, 0.15) is 30.1 Å². The minimum atomic E-state index is 0.118. The Morgan fingerprint density at radius 3 is 2.79 bits per heavy atom. The Kier molecular flexibility index (Phi) is 4.88. The molecule has 1 aromatic rings. The fraction of sp³-hybridized carbons (Fsp3) is 0.533. The third-order valence-corrected chi connectivity index (χ3v) is 4.16. The van der Waals surface area contributed by atoms with Crippen LogP contribution in [0.4, 0.5) is 0 Å². The molecule has 1 amide bonds. The summed E-state index contributed by atoms with van der Waals surface area (Å²) in [6, 6.07) is 7.85. The maximum atomic E-state index is 12.7. The van der Waals surface area contributed by atoms with Gasteiger partial charge in [0.1, 0.15) is 0 Å². The molecule has 1 saturated heterocycles. The molecule has 0 aromatic heterocycles. The van der Waals surface area contributed by atoms with Gasteiger partial charge in [-0.3, -0.25) is 4.79 Å². The van der Waals surface area contributed by atoms with Gasteiger partial charge in [0, 0.05) is 24.0 Å². The number of thiol groups is 1. The first-order valence-electron chi connectivity index (χ1n) is 6.91. The number of benzene rings is 1. The van der Waals surface area contributed by atoms with Crippen LogP contribution in [-0.4, -0.2) is 48.4 Å². The molecule has 1 heterocycles. The summed E-state index contributed by atoms with van der Waals surface area (Å²) >= 11 is 4.40. The number of hydrogen-bond acceptors (Lipinski definition) is 3. The summed E-state index contributed by atoms with van der Waals surface area (Å²) in [5.41, 5.74) is 0.717. The highest BCUT2D eigenvalue weighted by Crippen LogP contribution is 2.20. The highest BCUT2D eigenvalue weighted by atomic mass is 32.1. The lowest BCUT2D eigenvalue weighted by Gasteiger charge is -2.30. The van der Waals surface area contributed by atoms with E-state index in [4.69, 9.17) is 0 Å². The van der Waals surface area contributed by atoms with Crippen LogP contribution in [0.3, 0.4) is 0 Å². The van der Waals surface area contributed by atoms with E-state index < -0.39 is 0 Å². The molecule has 3 nitrogen and oxygen atoms in total. The Morgan fingerprint density at radius 2 is 2.11 bits per heavy atom. The van der Waals surface area contributed by atoms with Crippen molar-refractivity contribution < 1.29 is 4.79 Å². The van der Waals surface area contributed by atoms with E-state index in [1.807, 2.05) is 29.2 Å². The summed E-state index contributed by atoms with van der Waals surface area (Å²) in [6.45, 7) is 5.00. The first-order valence-corrected chi connectivity index (χ1v) is 7.35.